The topological polar surface area (TPSA) is 12.0 Å². The Morgan fingerprint density at radius 2 is 2.50 bits per heavy atom. The first-order chi connectivity index (χ1) is 6.85. The molecule has 0 aromatic carbocycles. The first kappa shape index (κ1) is 9.80. The maximum atomic E-state index is 5.34. The molecule has 0 aromatic rings. The predicted octanol–water partition coefficient (Wildman–Crippen LogP) is 2.34. The van der Waals surface area contributed by atoms with Gasteiger partial charge in [0.1, 0.15) is 0 Å². The van der Waals surface area contributed by atoms with Gasteiger partial charge in [-0.15, -0.1) is 12.3 Å². The molecule has 1 heteroatoms. The van der Waals surface area contributed by atoms with Crippen LogP contribution in [0.25, 0.3) is 0 Å². The molecule has 14 heavy (non-hydrogen) atoms. The zero-order valence-electron chi connectivity index (χ0n) is 8.87. The molecule has 0 saturated heterocycles. The summed E-state index contributed by atoms with van der Waals surface area (Å²) >= 11 is 0. The van der Waals surface area contributed by atoms with E-state index in [4.69, 9.17) is 6.42 Å². The van der Waals surface area contributed by atoms with Crippen molar-refractivity contribution < 1.29 is 0 Å². The largest absolute Gasteiger partial charge is 0.310 e. The normalized spacial score (nSPS) is 35.9. The van der Waals surface area contributed by atoms with E-state index in [0.29, 0.717) is 12.1 Å². The molecular formula is C13H19N. The van der Waals surface area contributed by atoms with E-state index in [1.54, 1.807) is 0 Å². The molecular weight excluding hydrogens is 170 g/mol. The van der Waals surface area contributed by atoms with Crippen LogP contribution in [0.4, 0.5) is 0 Å². The second-order valence-electron chi connectivity index (χ2n) is 4.52. The van der Waals surface area contributed by atoms with Crippen LogP contribution >= 0.6 is 0 Å². The summed E-state index contributed by atoms with van der Waals surface area (Å²) in [6.45, 7) is 2.20. The van der Waals surface area contributed by atoms with E-state index in [2.05, 4.69) is 30.3 Å². The van der Waals surface area contributed by atoms with Crippen LogP contribution in [0.5, 0.6) is 0 Å². The van der Waals surface area contributed by atoms with Crippen LogP contribution in [0.1, 0.15) is 32.6 Å². The smallest absolute Gasteiger partial charge is 0.0240 e. The van der Waals surface area contributed by atoms with Crippen molar-refractivity contribution in [1.82, 2.24) is 5.32 Å². The molecule has 1 saturated carbocycles. The highest BCUT2D eigenvalue weighted by Crippen LogP contribution is 2.42. The molecule has 0 aromatic heterocycles. The number of hydrogen-bond donors (Lipinski definition) is 1. The summed E-state index contributed by atoms with van der Waals surface area (Å²) in [6, 6.07) is 1.23. The van der Waals surface area contributed by atoms with Gasteiger partial charge in [0.05, 0.1) is 0 Å². The number of rotatable bonds is 4. The van der Waals surface area contributed by atoms with Gasteiger partial charge in [-0.2, -0.15) is 0 Å². The Bertz CT molecular complexity index is 261. The molecule has 4 atom stereocenters. The van der Waals surface area contributed by atoms with Gasteiger partial charge < -0.3 is 5.32 Å². The summed E-state index contributed by atoms with van der Waals surface area (Å²) in [6.07, 6.45) is 14.7. The maximum absolute atomic E-state index is 5.34. The lowest BCUT2D eigenvalue weighted by Crippen LogP contribution is -2.51. The van der Waals surface area contributed by atoms with Gasteiger partial charge in [-0.1, -0.05) is 19.1 Å². The van der Waals surface area contributed by atoms with Crippen molar-refractivity contribution in [1.29, 1.82) is 0 Å². The third-order valence-corrected chi connectivity index (χ3v) is 3.67. The number of terminal acetylenes is 1. The van der Waals surface area contributed by atoms with E-state index in [0.717, 1.165) is 24.7 Å². The fourth-order valence-electron chi connectivity index (χ4n) is 2.67. The van der Waals surface area contributed by atoms with Crippen molar-refractivity contribution in [3.05, 3.63) is 12.2 Å². The Hall–Kier alpha value is -0.740. The fourth-order valence-corrected chi connectivity index (χ4v) is 2.67. The average molecular weight is 189 g/mol. The molecule has 2 aliphatic rings. The fraction of sp³-hybridized carbons (Fsp3) is 0.692. The second-order valence-corrected chi connectivity index (χ2v) is 4.52. The van der Waals surface area contributed by atoms with Gasteiger partial charge in [0, 0.05) is 18.5 Å². The van der Waals surface area contributed by atoms with Crippen LogP contribution in [-0.4, -0.2) is 12.1 Å². The minimum absolute atomic E-state index is 0.528. The van der Waals surface area contributed by atoms with Gasteiger partial charge in [0.25, 0.3) is 0 Å². The summed E-state index contributed by atoms with van der Waals surface area (Å²) in [7, 11) is 0. The predicted molar refractivity (Wildman–Crippen MR) is 59.8 cm³/mol. The minimum Gasteiger partial charge on any atom is -0.310 e. The third-order valence-electron chi connectivity index (χ3n) is 3.67. The Kier molecular flexibility index (Phi) is 2.93. The summed E-state index contributed by atoms with van der Waals surface area (Å²) in [5.41, 5.74) is 0. The van der Waals surface area contributed by atoms with Crippen LogP contribution in [0, 0.1) is 24.2 Å². The summed E-state index contributed by atoms with van der Waals surface area (Å²) in [4.78, 5) is 0. The van der Waals surface area contributed by atoms with Crippen molar-refractivity contribution in [2.24, 2.45) is 11.8 Å². The Morgan fingerprint density at radius 3 is 3.14 bits per heavy atom. The first-order valence-corrected chi connectivity index (χ1v) is 5.71. The standard InChI is InChI=1S/C13H19N/c1-3-6-11(4-2)14-13-9-10-7-5-8-12(10)13/h1,5,8,10-14H,4,6-7,9H2,2H3. The van der Waals surface area contributed by atoms with Crippen LogP contribution in [0.3, 0.4) is 0 Å². The molecule has 0 amide bonds. The van der Waals surface area contributed by atoms with Crippen LogP contribution in [0.2, 0.25) is 0 Å². The molecule has 0 heterocycles. The Labute approximate surface area is 87.0 Å². The Balaban J connectivity index is 1.80. The van der Waals surface area contributed by atoms with Gasteiger partial charge in [-0.05, 0) is 31.1 Å². The molecule has 0 bridgehead atoms. The van der Waals surface area contributed by atoms with Gasteiger partial charge in [-0.25, -0.2) is 0 Å². The van der Waals surface area contributed by atoms with E-state index in [9.17, 15) is 0 Å². The molecule has 1 N–H and O–H groups in total. The lowest BCUT2D eigenvalue weighted by molar-refractivity contribution is 0.149. The monoisotopic (exact) mass is 189 g/mol. The quantitative estimate of drug-likeness (QED) is 0.529. The zero-order chi connectivity index (χ0) is 9.97. The lowest BCUT2D eigenvalue weighted by atomic mass is 9.71. The lowest BCUT2D eigenvalue weighted by Gasteiger charge is -2.42. The highest BCUT2D eigenvalue weighted by atomic mass is 15.0. The van der Waals surface area contributed by atoms with Crippen molar-refractivity contribution in [2.45, 2.75) is 44.7 Å². The van der Waals surface area contributed by atoms with E-state index < -0.39 is 0 Å². The van der Waals surface area contributed by atoms with Crippen molar-refractivity contribution >= 4 is 0 Å². The van der Waals surface area contributed by atoms with Crippen molar-refractivity contribution in [3.63, 3.8) is 0 Å². The summed E-state index contributed by atoms with van der Waals surface area (Å²) in [5.74, 6) is 4.50. The van der Waals surface area contributed by atoms with E-state index >= 15 is 0 Å². The second kappa shape index (κ2) is 4.19. The SMILES string of the molecule is C#CCC(CC)NC1CC2CC=CC21. The van der Waals surface area contributed by atoms with Crippen LogP contribution in [0.15, 0.2) is 12.2 Å². The highest BCUT2D eigenvalue weighted by molar-refractivity contribution is 5.13. The highest BCUT2D eigenvalue weighted by Gasteiger charge is 2.41. The van der Waals surface area contributed by atoms with E-state index in [-0.39, 0.29) is 0 Å². The van der Waals surface area contributed by atoms with Crippen LogP contribution in [-0.2, 0) is 0 Å². The summed E-state index contributed by atoms with van der Waals surface area (Å²) < 4.78 is 0. The number of allylic oxidation sites excluding steroid dienone is 1. The first-order valence-electron chi connectivity index (χ1n) is 5.71. The van der Waals surface area contributed by atoms with Gasteiger partial charge in [-0.3, -0.25) is 0 Å². The molecule has 1 fully saturated rings. The van der Waals surface area contributed by atoms with E-state index in [1.807, 2.05) is 0 Å². The third kappa shape index (κ3) is 1.72. The molecule has 2 aliphatic carbocycles. The Morgan fingerprint density at radius 1 is 1.64 bits per heavy atom. The van der Waals surface area contributed by atoms with Crippen molar-refractivity contribution in [2.75, 3.05) is 0 Å². The molecule has 4 unspecified atom stereocenters. The summed E-state index contributed by atoms with van der Waals surface area (Å²) in [5, 5.41) is 3.68. The molecule has 1 nitrogen and oxygen atoms in total. The molecule has 76 valence electrons. The zero-order valence-corrected chi connectivity index (χ0v) is 8.87. The van der Waals surface area contributed by atoms with Gasteiger partial charge in [0.15, 0.2) is 0 Å². The van der Waals surface area contributed by atoms with Crippen molar-refractivity contribution in [3.8, 4) is 12.3 Å². The van der Waals surface area contributed by atoms with Crippen LogP contribution < -0.4 is 5.32 Å². The number of hydrogen-bond acceptors (Lipinski definition) is 1. The molecule has 0 aliphatic heterocycles. The molecule has 2 rings (SSSR count). The number of fused-ring (bicyclic) bond motifs is 1. The molecule has 0 radical (unpaired) electrons. The number of nitrogens with one attached hydrogen (secondary N) is 1. The minimum atomic E-state index is 0.528. The van der Waals surface area contributed by atoms with E-state index in [1.165, 1.54) is 12.8 Å². The molecule has 0 spiro atoms. The van der Waals surface area contributed by atoms with Gasteiger partial charge in [0.2, 0.25) is 0 Å². The maximum Gasteiger partial charge on any atom is 0.0240 e. The van der Waals surface area contributed by atoms with Gasteiger partial charge >= 0.3 is 0 Å². The average Bonchev–Trinajstić information content (AvgIpc) is 2.54.